The summed E-state index contributed by atoms with van der Waals surface area (Å²) in [6.07, 6.45) is 6.33. The highest BCUT2D eigenvalue weighted by Crippen LogP contribution is 2.37. The summed E-state index contributed by atoms with van der Waals surface area (Å²) in [5.41, 5.74) is 5.15. The molecule has 2 heterocycles. The van der Waals surface area contributed by atoms with Gasteiger partial charge in [0.1, 0.15) is 17.2 Å². The minimum absolute atomic E-state index is 0.245. The molecule has 2 aromatic carbocycles. The van der Waals surface area contributed by atoms with Crippen LogP contribution in [0.4, 0.5) is 10.1 Å². The van der Waals surface area contributed by atoms with Crippen molar-refractivity contribution in [2.45, 2.75) is 19.8 Å². The van der Waals surface area contributed by atoms with E-state index >= 15 is 0 Å². The molecule has 0 N–H and O–H groups in total. The largest absolute Gasteiger partial charge is 0.456 e. The van der Waals surface area contributed by atoms with E-state index in [-0.39, 0.29) is 5.82 Å². The smallest absolute Gasteiger partial charge is 0.136 e. The fourth-order valence-corrected chi connectivity index (χ4v) is 3.42. The monoisotopic (exact) mass is 333 g/mol. The maximum atomic E-state index is 13.2. The molecule has 0 spiro atoms. The fourth-order valence-electron chi connectivity index (χ4n) is 3.42. The Morgan fingerprint density at radius 3 is 2.64 bits per heavy atom. The van der Waals surface area contributed by atoms with Crippen LogP contribution in [0.15, 0.2) is 65.2 Å². The lowest BCUT2D eigenvalue weighted by Gasteiger charge is -2.21. The first-order chi connectivity index (χ1) is 12.2. The van der Waals surface area contributed by atoms with Gasteiger partial charge in [-0.25, -0.2) is 4.39 Å². The molecule has 3 heteroatoms. The third-order valence-corrected chi connectivity index (χ3v) is 4.66. The molecule has 0 atom stereocenters. The van der Waals surface area contributed by atoms with E-state index in [1.807, 2.05) is 19.1 Å². The van der Waals surface area contributed by atoms with Gasteiger partial charge >= 0.3 is 0 Å². The zero-order chi connectivity index (χ0) is 17.4. The first-order valence-electron chi connectivity index (χ1n) is 8.57. The normalized spacial score (nSPS) is 15.0. The maximum Gasteiger partial charge on any atom is 0.136 e. The summed E-state index contributed by atoms with van der Waals surface area (Å²) in [6.45, 7) is 7.20. The van der Waals surface area contributed by atoms with Crippen LogP contribution in [0.3, 0.4) is 0 Å². The number of fused-ring (bicyclic) bond motifs is 1. The number of nitrogens with zero attached hydrogens (tertiary/aromatic N) is 1. The molecule has 4 rings (SSSR count). The zero-order valence-corrected chi connectivity index (χ0v) is 14.3. The zero-order valence-electron chi connectivity index (χ0n) is 14.3. The van der Waals surface area contributed by atoms with E-state index in [0.29, 0.717) is 0 Å². The highest BCUT2D eigenvalue weighted by molar-refractivity contribution is 5.90. The van der Waals surface area contributed by atoms with E-state index in [9.17, 15) is 4.39 Å². The lowest BCUT2D eigenvalue weighted by atomic mass is 10.1. The summed E-state index contributed by atoms with van der Waals surface area (Å²) in [7, 11) is 0. The second kappa shape index (κ2) is 6.25. The van der Waals surface area contributed by atoms with Crippen LogP contribution in [0.1, 0.15) is 25.3 Å². The molecule has 1 aliphatic heterocycles. The van der Waals surface area contributed by atoms with Crippen molar-refractivity contribution in [2.75, 3.05) is 11.4 Å². The molecule has 1 saturated heterocycles. The molecule has 0 radical (unpaired) electrons. The molecule has 0 unspecified atom stereocenters. The maximum absolute atomic E-state index is 13.2. The predicted molar refractivity (Wildman–Crippen MR) is 102 cm³/mol. The summed E-state index contributed by atoms with van der Waals surface area (Å²) in [4.78, 5) is 2.27. The van der Waals surface area contributed by atoms with Crippen molar-refractivity contribution >= 4 is 22.7 Å². The van der Waals surface area contributed by atoms with Crippen LogP contribution in [-0.4, -0.2) is 6.54 Å². The average molecular weight is 333 g/mol. The molecule has 25 heavy (non-hydrogen) atoms. The van der Waals surface area contributed by atoms with Gasteiger partial charge in [-0.15, -0.1) is 0 Å². The van der Waals surface area contributed by atoms with E-state index in [4.69, 9.17) is 4.42 Å². The van der Waals surface area contributed by atoms with Gasteiger partial charge in [0.15, 0.2) is 0 Å². The number of benzene rings is 2. The minimum atomic E-state index is -0.245. The molecule has 2 nitrogen and oxygen atoms in total. The van der Waals surface area contributed by atoms with Crippen molar-refractivity contribution in [1.29, 1.82) is 0 Å². The van der Waals surface area contributed by atoms with Crippen LogP contribution in [0.2, 0.25) is 0 Å². The van der Waals surface area contributed by atoms with Crippen molar-refractivity contribution in [3.8, 4) is 11.3 Å². The molecule has 0 saturated carbocycles. The van der Waals surface area contributed by atoms with Crippen molar-refractivity contribution in [3.05, 3.63) is 72.2 Å². The van der Waals surface area contributed by atoms with E-state index in [2.05, 4.69) is 29.7 Å². The van der Waals surface area contributed by atoms with E-state index in [1.165, 1.54) is 12.1 Å². The lowest BCUT2D eigenvalue weighted by molar-refractivity contribution is 0.623. The highest BCUT2D eigenvalue weighted by Gasteiger charge is 2.20. The number of allylic oxidation sites excluding steroid dienone is 2. The number of anilines is 1. The standard InChI is InChI=1S/C22H20FNO/c1-3-5-17-12-18-13-21(16-7-9-19(23)10-8-16)25-22(18)14-20(17)24-11-4-6-15(24)2/h3,5,7-10,12-14H,2,4,6,11H2,1H3/b5-3+. The Labute approximate surface area is 146 Å². The van der Waals surface area contributed by atoms with Crippen molar-refractivity contribution in [1.82, 2.24) is 0 Å². The van der Waals surface area contributed by atoms with Crippen LogP contribution in [-0.2, 0) is 0 Å². The van der Waals surface area contributed by atoms with Gasteiger partial charge in [0.25, 0.3) is 0 Å². The first kappa shape index (κ1) is 15.7. The number of hydrogen-bond acceptors (Lipinski definition) is 2. The van der Waals surface area contributed by atoms with Crippen molar-refractivity contribution in [3.63, 3.8) is 0 Å². The molecular formula is C22H20FNO. The third kappa shape index (κ3) is 2.86. The van der Waals surface area contributed by atoms with E-state index in [1.54, 1.807) is 12.1 Å². The van der Waals surface area contributed by atoms with Gasteiger partial charge in [-0.1, -0.05) is 18.7 Å². The van der Waals surface area contributed by atoms with Gasteiger partial charge in [-0.3, -0.25) is 0 Å². The second-order valence-electron chi connectivity index (χ2n) is 6.39. The third-order valence-electron chi connectivity index (χ3n) is 4.66. The summed E-state index contributed by atoms with van der Waals surface area (Å²) < 4.78 is 19.2. The van der Waals surface area contributed by atoms with Crippen molar-refractivity contribution < 1.29 is 8.81 Å². The lowest BCUT2D eigenvalue weighted by Crippen LogP contribution is -2.16. The van der Waals surface area contributed by atoms with Crippen LogP contribution < -0.4 is 4.90 Å². The number of halogens is 1. The van der Waals surface area contributed by atoms with Gasteiger partial charge in [0, 0.05) is 29.3 Å². The molecule has 1 aliphatic rings. The summed E-state index contributed by atoms with van der Waals surface area (Å²) >= 11 is 0. The fraction of sp³-hybridized carbons (Fsp3) is 0.182. The number of furan rings is 1. The van der Waals surface area contributed by atoms with Crippen LogP contribution in [0, 0.1) is 5.82 Å². The van der Waals surface area contributed by atoms with Gasteiger partial charge in [0.05, 0.1) is 5.69 Å². The highest BCUT2D eigenvalue weighted by atomic mass is 19.1. The van der Waals surface area contributed by atoms with Gasteiger partial charge in [-0.05, 0) is 61.7 Å². The molecule has 0 amide bonds. The van der Waals surface area contributed by atoms with Crippen LogP contribution in [0.5, 0.6) is 0 Å². The Kier molecular flexibility index (Phi) is 3.92. The Morgan fingerprint density at radius 1 is 1.16 bits per heavy atom. The van der Waals surface area contributed by atoms with Gasteiger partial charge < -0.3 is 9.32 Å². The SMILES string of the molecule is C=C1CCCN1c1cc2oc(-c3ccc(F)cc3)cc2cc1/C=C/C. The van der Waals surface area contributed by atoms with Gasteiger partial charge in [0.2, 0.25) is 0 Å². The predicted octanol–water partition coefficient (Wildman–Crippen LogP) is 6.39. The minimum Gasteiger partial charge on any atom is -0.456 e. The van der Waals surface area contributed by atoms with Crippen LogP contribution in [0.25, 0.3) is 28.4 Å². The second-order valence-corrected chi connectivity index (χ2v) is 6.39. The number of hydrogen-bond donors (Lipinski definition) is 0. The molecule has 1 fully saturated rings. The average Bonchev–Trinajstić information content (AvgIpc) is 3.20. The Bertz CT molecular complexity index is 966. The van der Waals surface area contributed by atoms with Crippen molar-refractivity contribution in [2.24, 2.45) is 0 Å². The molecule has 1 aromatic heterocycles. The molecular weight excluding hydrogens is 313 g/mol. The summed E-state index contributed by atoms with van der Waals surface area (Å²) in [5.74, 6) is 0.504. The van der Waals surface area contributed by atoms with Gasteiger partial charge in [-0.2, -0.15) is 0 Å². The summed E-state index contributed by atoms with van der Waals surface area (Å²) in [5, 5.41) is 1.04. The molecule has 126 valence electrons. The Hall–Kier alpha value is -2.81. The molecule has 3 aromatic rings. The molecule has 0 bridgehead atoms. The van der Waals surface area contributed by atoms with E-state index in [0.717, 1.165) is 58.6 Å². The Balaban J connectivity index is 1.84. The van der Waals surface area contributed by atoms with Crippen LogP contribution >= 0.6 is 0 Å². The summed E-state index contributed by atoms with van der Waals surface area (Å²) in [6, 6.07) is 12.6. The molecule has 0 aliphatic carbocycles. The quantitative estimate of drug-likeness (QED) is 0.552. The van der Waals surface area contributed by atoms with E-state index < -0.39 is 0 Å². The Morgan fingerprint density at radius 2 is 1.96 bits per heavy atom. The number of rotatable bonds is 3. The topological polar surface area (TPSA) is 16.4 Å². The first-order valence-corrected chi connectivity index (χ1v) is 8.57.